The molecule has 0 saturated heterocycles. The lowest BCUT2D eigenvalue weighted by Gasteiger charge is -2.34. The Kier molecular flexibility index (Phi) is 5.08. The first-order valence-electron chi connectivity index (χ1n) is 7.15. The van der Waals surface area contributed by atoms with Crippen molar-refractivity contribution in [1.82, 2.24) is 10.6 Å². The fourth-order valence-corrected chi connectivity index (χ4v) is 2.71. The van der Waals surface area contributed by atoms with Gasteiger partial charge in [-0.2, -0.15) is 13.2 Å². The minimum Gasteiger partial charge on any atom is -0.383 e. The molecule has 1 aliphatic rings. The number of hydrogen-bond acceptors (Lipinski definition) is 3. The summed E-state index contributed by atoms with van der Waals surface area (Å²) in [5.41, 5.74) is 0.666. The molecule has 1 atom stereocenters. The van der Waals surface area contributed by atoms with Crippen molar-refractivity contribution in [1.29, 1.82) is 0 Å². The number of hydrogen-bond donors (Lipinski definition) is 3. The second kappa shape index (κ2) is 6.66. The molecule has 1 aromatic carbocycles. The molecule has 2 rings (SSSR count). The van der Waals surface area contributed by atoms with E-state index in [2.05, 4.69) is 5.32 Å². The van der Waals surface area contributed by atoms with Crippen LogP contribution in [0.4, 0.5) is 13.2 Å². The number of fused-ring (bicyclic) bond motifs is 1. The molecular weight excluding hydrogens is 297 g/mol. The maximum Gasteiger partial charge on any atom is 0.401 e. The monoisotopic (exact) mass is 316 g/mol. The Balaban J connectivity index is 1.87. The smallest absolute Gasteiger partial charge is 0.383 e. The molecule has 22 heavy (non-hydrogen) atoms. The van der Waals surface area contributed by atoms with E-state index in [1.165, 1.54) is 0 Å². The van der Waals surface area contributed by atoms with Gasteiger partial charge in [0.1, 0.15) is 5.60 Å². The van der Waals surface area contributed by atoms with Crippen LogP contribution in [0, 0.1) is 0 Å². The summed E-state index contributed by atoms with van der Waals surface area (Å²) in [6.45, 7) is -1.65. The van der Waals surface area contributed by atoms with Crippen molar-refractivity contribution in [3.8, 4) is 0 Å². The highest BCUT2D eigenvalue weighted by Gasteiger charge is 2.34. The number of halogens is 3. The van der Waals surface area contributed by atoms with Crippen molar-refractivity contribution in [2.75, 3.05) is 19.6 Å². The van der Waals surface area contributed by atoms with Crippen LogP contribution in [0.25, 0.3) is 0 Å². The van der Waals surface area contributed by atoms with Crippen molar-refractivity contribution >= 4 is 5.91 Å². The highest BCUT2D eigenvalue weighted by molar-refractivity contribution is 5.78. The lowest BCUT2D eigenvalue weighted by Crippen LogP contribution is -2.46. The largest absolute Gasteiger partial charge is 0.401 e. The van der Waals surface area contributed by atoms with E-state index < -0.39 is 30.8 Å². The first kappa shape index (κ1) is 16.8. The van der Waals surface area contributed by atoms with Crippen LogP contribution in [0.1, 0.15) is 24.0 Å². The Labute approximate surface area is 126 Å². The predicted octanol–water partition coefficient (Wildman–Crippen LogP) is 1.48. The second-order valence-corrected chi connectivity index (χ2v) is 5.54. The van der Waals surface area contributed by atoms with Crippen LogP contribution in [0.2, 0.25) is 0 Å². The van der Waals surface area contributed by atoms with E-state index in [1.807, 2.05) is 29.6 Å². The van der Waals surface area contributed by atoms with Crippen LogP contribution < -0.4 is 10.6 Å². The van der Waals surface area contributed by atoms with Crippen LogP contribution in [0.5, 0.6) is 0 Å². The van der Waals surface area contributed by atoms with E-state index in [1.54, 1.807) is 0 Å². The van der Waals surface area contributed by atoms with Crippen LogP contribution in [-0.2, 0) is 16.8 Å². The fraction of sp³-hybridized carbons (Fsp3) is 0.533. The van der Waals surface area contributed by atoms with Gasteiger partial charge in [0.05, 0.1) is 19.6 Å². The van der Waals surface area contributed by atoms with E-state index in [0.717, 1.165) is 24.0 Å². The number of nitrogens with one attached hydrogen (secondary N) is 2. The minimum absolute atomic E-state index is 0.00343. The van der Waals surface area contributed by atoms with E-state index in [0.29, 0.717) is 6.42 Å². The average molecular weight is 316 g/mol. The molecule has 0 fully saturated rings. The van der Waals surface area contributed by atoms with Crippen LogP contribution in [-0.4, -0.2) is 36.8 Å². The quantitative estimate of drug-likeness (QED) is 0.771. The van der Waals surface area contributed by atoms with Crippen molar-refractivity contribution < 1.29 is 23.1 Å². The molecule has 7 heteroatoms. The van der Waals surface area contributed by atoms with Gasteiger partial charge in [-0.15, -0.1) is 0 Å². The summed E-state index contributed by atoms with van der Waals surface area (Å²) in [5.74, 6) is -0.569. The van der Waals surface area contributed by atoms with Gasteiger partial charge in [0.15, 0.2) is 0 Å². The zero-order valence-corrected chi connectivity index (χ0v) is 12.0. The first-order chi connectivity index (χ1) is 10.3. The third-order valence-electron chi connectivity index (χ3n) is 3.74. The number of carbonyl (C=O) groups excluding carboxylic acids is 1. The Morgan fingerprint density at radius 1 is 1.32 bits per heavy atom. The zero-order chi connectivity index (χ0) is 16.2. The standard InChI is InChI=1S/C15H19F3N2O2/c16-15(17,18)10-19-8-13(21)20-9-14(22)7-3-5-11-4-1-2-6-12(11)14/h1-2,4,6,19,22H,3,5,7-10H2,(H,20,21). The Bertz CT molecular complexity index is 534. The molecule has 0 bridgehead atoms. The lowest BCUT2D eigenvalue weighted by molar-refractivity contribution is -0.129. The molecule has 3 N–H and O–H groups in total. The van der Waals surface area contributed by atoms with Crippen molar-refractivity contribution in [3.63, 3.8) is 0 Å². The summed E-state index contributed by atoms with van der Waals surface area (Å²) < 4.78 is 35.9. The van der Waals surface area contributed by atoms with Gasteiger partial charge in [-0.05, 0) is 30.4 Å². The van der Waals surface area contributed by atoms with E-state index in [-0.39, 0.29) is 6.54 Å². The summed E-state index contributed by atoms with van der Waals surface area (Å²) in [5, 5.41) is 15.2. The van der Waals surface area contributed by atoms with Gasteiger partial charge in [0.2, 0.25) is 5.91 Å². The summed E-state index contributed by atoms with van der Waals surface area (Å²) >= 11 is 0. The minimum atomic E-state index is -4.35. The second-order valence-electron chi connectivity index (χ2n) is 5.54. The molecule has 122 valence electrons. The Morgan fingerprint density at radius 2 is 2.05 bits per heavy atom. The Morgan fingerprint density at radius 3 is 2.77 bits per heavy atom. The number of aryl methyl sites for hydroxylation is 1. The molecule has 1 amide bonds. The van der Waals surface area contributed by atoms with Crippen LogP contribution >= 0.6 is 0 Å². The first-order valence-corrected chi connectivity index (χ1v) is 7.15. The third-order valence-corrected chi connectivity index (χ3v) is 3.74. The maximum atomic E-state index is 12.0. The number of carbonyl (C=O) groups is 1. The molecule has 1 aromatic rings. The molecular formula is C15H19F3N2O2. The van der Waals surface area contributed by atoms with Gasteiger partial charge in [-0.3, -0.25) is 4.79 Å². The molecule has 0 spiro atoms. The average Bonchev–Trinajstić information content (AvgIpc) is 2.45. The predicted molar refractivity (Wildman–Crippen MR) is 75.2 cm³/mol. The number of amides is 1. The van der Waals surface area contributed by atoms with Gasteiger partial charge in [-0.25, -0.2) is 0 Å². The number of rotatable bonds is 5. The molecule has 0 aliphatic heterocycles. The Hall–Kier alpha value is -1.60. The highest BCUT2D eigenvalue weighted by atomic mass is 19.4. The summed E-state index contributed by atoms with van der Waals surface area (Å²) in [6.07, 6.45) is -2.16. The topological polar surface area (TPSA) is 61.4 Å². The van der Waals surface area contributed by atoms with Crippen molar-refractivity contribution in [3.05, 3.63) is 35.4 Å². The normalized spacial score (nSPS) is 21.3. The molecule has 0 saturated carbocycles. The van der Waals surface area contributed by atoms with Gasteiger partial charge < -0.3 is 15.7 Å². The highest BCUT2D eigenvalue weighted by Crippen LogP contribution is 2.34. The molecule has 0 radical (unpaired) electrons. The third kappa shape index (κ3) is 4.45. The summed E-state index contributed by atoms with van der Waals surface area (Å²) in [6, 6.07) is 7.47. The number of benzene rings is 1. The molecule has 4 nitrogen and oxygen atoms in total. The van der Waals surface area contributed by atoms with Crippen LogP contribution in [0.3, 0.4) is 0 Å². The SMILES string of the molecule is O=C(CNCC(F)(F)F)NCC1(O)CCCc2ccccc21. The number of aliphatic hydroxyl groups is 1. The van der Waals surface area contributed by atoms with Gasteiger partial charge in [0, 0.05) is 0 Å². The van der Waals surface area contributed by atoms with E-state index in [9.17, 15) is 23.1 Å². The maximum absolute atomic E-state index is 12.0. The van der Waals surface area contributed by atoms with Crippen LogP contribution in [0.15, 0.2) is 24.3 Å². The van der Waals surface area contributed by atoms with Gasteiger partial charge in [0.25, 0.3) is 0 Å². The zero-order valence-electron chi connectivity index (χ0n) is 12.0. The van der Waals surface area contributed by atoms with Crippen molar-refractivity contribution in [2.24, 2.45) is 0 Å². The van der Waals surface area contributed by atoms with Gasteiger partial charge >= 0.3 is 6.18 Å². The van der Waals surface area contributed by atoms with Crippen molar-refractivity contribution in [2.45, 2.75) is 31.0 Å². The fourth-order valence-electron chi connectivity index (χ4n) is 2.71. The summed E-state index contributed by atoms with van der Waals surface area (Å²) in [4.78, 5) is 11.6. The molecule has 1 unspecified atom stereocenters. The number of alkyl halides is 3. The lowest BCUT2D eigenvalue weighted by atomic mass is 9.79. The molecule has 1 aliphatic carbocycles. The van der Waals surface area contributed by atoms with E-state index >= 15 is 0 Å². The van der Waals surface area contributed by atoms with Gasteiger partial charge in [-0.1, -0.05) is 24.3 Å². The molecule has 0 heterocycles. The van der Waals surface area contributed by atoms with E-state index in [4.69, 9.17) is 0 Å². The molecule has 0 aromatic heterocycles. The summed E-state index contributed by atoms with van der Waals surface area (Å²) in [7, 11) is 0.